The van der Waals surface area contributed by atoms with Crippen LogP contribution in [0.1, 0.15) is 48.3 Å². The summed E-state index contributed by atoms with van der Waals surface area (Å²) < 4.78 is 1.87. The predicted molar refractivity (Wildman–Crippen MR) is 111 cm³/mol. The molecular formula is C21H30N6O2. The largest absolute Gasteiger partial charge is 0.369 e. The number of amides is 2. The first-order chi connectivity index (χ1) is 13.9. The van der Waals surface area contributed by atoms with Gasteiger partial charge in [0, 0.05) is 49.6 Å². The van der Waals surface area contributed by atoms with Crippen LogP contribution in [-0.2, 0) is 17.9 Å². The molecule has 3 rings (SSSR count). The van der Waals surface area contributed by atoms with Crippen LogP contribution in [0.2, 0.25) is 0 Å². The van der Waals surface area contributed by atoms with Gasteiger partial charge in [-0.05, 0) is 31.7 Å². The highest BCUT2D eigenvalue weighted by Gasteiger charge is 2.25. The number of nitrogens with one attached hydrogen (secondary N) is 1. The summed E-state index contributed by atoms with van der Waals surface area (Å²) in [4.78, 5) is 30.8. The SMILES string of the molecule is Cc1c(C(=O)NCc2cccnc2N2CCC(C(N)=O)CC2)cnn1CC(C)C. The molecule has 0 atom stereocenters. The first-order valence-corrected chi connectivity index (χ1v) is 10.2. The number of carbonyl (C=O) groups excluding carboxylic acids is 2. The fourth-order valence-electron chi connectivity index (χ4n) is 3.70. The molecule has 0 spiro atoms. The Hall–Kier alpha value is -2.90. The zero-order valence-corrected chi connectivity index (χ0v) is 17.4. The molecule has 1 aliphatic heterocycles. The monoisotopic (exact) mass is 398 g/mol. The lowest BCUT2D eigenvalue weighted by atomic mass is 9.96. The number of primary amides is 1. The summed E-state index contributed by atoms with van der Waals surface area (Å²) in [6.45, 7) is 8.79. The number of rotatable bonds is 7. The number of carbonyl (C=O) groups is 2. The van der Waals surface area contributed by atoms with E-state index in [0.717, 1.165) is 49.6 Å². The van der Waals surface area contributed by atoms with Gasteiger partial charge in [-0.25, -0.2) is 4.98 Å². The molecule has 3 N–H and O–H groups in total. The average molecular weight is 399 g/mol. The lowest BCUT2D eigenvalue weighted by Gasteiger charge is -2.32. The third-order valence-corrected chi connectivity index (χ3v) is 5.39. The quantitative estimate of drug-likeness (QED) is 0.741. The predicted octanol–water partition coefficient (Wildman–Crippen LogP) is 1.87. The molecule has 0 saturated carbocycles. The molecule has 0 aliphatic carbocycles. The van der Waals surface area contributed by atoms with Crippen molar-refractivity contribution in [1.82, 2.24) is 20.1 Å². The maximum atomic E-state index is 12.7. The lowest BCUT2D eigenvalue weighted by molar-refractivity contribution is -0.122. The highest BCUT2D eigenvalue weighted by Crippen LogP contribution is 2.24. The maximum absolute atomic E-state index is 12.7. The van der Waals surface area contributed by atoms with E-state index >= 15 is 0 Å². The maximum Gasteiger partial charge on any atom is 0.255 e. The topological polar surface area (TPSA) is 106 Å². The summed E-state index contributed by atoms with van der Waals surface area (Å²) in [5.74, 6) is 0.874. The standard InChI is InChI=1S/C21H30N6O2/c1-14(2)13-27-15(3)18(12-25-27)21(29)24-11-17-5-4-8-23-20(17)26-9-6-16(7-10-26)19(22)28/h4-5,8,12,14,16H,6-7,9-11,13H2,1-3H3,(H2,22,28)(H,24,29). The Bertz CT molecular complexity index is 868. The van der Waals surface area contributed by atoms with E-state index in [9.17, 15) is 9.59 Å². The normalized spacial score (nSPS) is 15.0. The first kappa shape index (κ1) is 20.8. The van der Waals surface area contributed by atoms with Crippen molar-refractivity contribution in [2.75, 3.05) is 18.0 Å². The van der Waals surface area contributed by atoms with Gasteiger partial charge in [-0.3, -0.25) is 14.3 Å². The molecule has 29 heavy (non-hydrogen) atoms. The highest BCUT2D eigenvalue weighted by atomic mass is 16.2. The molecule has 2 aromatic heterocycles. The molecule has 0 aromatic carbocycles. The van der Waals surface area contributed by atoms with Crippen molar-refractivity contribution in [3.05, 3.63) is 41.3 Å². The Morgan fingerprint density at radius 1 is 1.31 bits per heavy atom. The second-order valence-corrected chi connectivity index (χ2v) is 8.05. The fraction of sp³-hybridized carbons (Fsp3) is 0.524. The van der Waals surface area contributed by atoms with E-state index in [-0.39, 0.29) is 17.7 Å². The Morgan fingerprint density at radius 2 is 2.03 bits per heavy atom. The molecule has 8 nitrogen and oxygen atoms in total. The average Bonchev–Trinajstić information content (AvgIpc) is 3.06. The smallest absolute Gasteiger partial charge is 0.255 e. The van der Waals surface area contributed by atoms with Crippen LogP contribution in [0.3, 0.4) is 0 Å². The summed E-state index contributed by atoms with van der Waals surface area (Å²) in [5, 5.41) is 7.34. The van der Waals surface area contributed by atoms with Crippen LogP contribution in [0.15, 0.2) is 24.5 Å². The Balaban J connectivity index is 1.65. The number of hydrogen-bond donors (Lipinski definition) is 2. The minimum absolute atomic E-state index is 0.0662. The lowest BCUT2D eigenvalue weighted by Crippen LogP contribution is -2.39. The minimum atomic E-state index is -0.230. The number of hydrogen-bond acceptors (Lipinski definition) is 5. The van der Waals surface area contributed by atoms with Crippen molar-refractivity contribution < 1.29 is 9.59 Å². The van der Waals surface area contributed by atoms with Crippen LogP contribution in [0.4, 0.5) is 5.82 Å². The number of anilines is 1. The molecule has 0 radical (unpaired) electrons. The summed E-state index contributed by atoms with van der Waals surface area (Å²) in [7, 11) is 0. The van der Waals surface area contributed by atoms with E-state index < -0.39 is 0 Å². The molecular weight excluding hydrogens is 368 g/mol. The molecule has 0 unspecified atom stereocenters. The third kappa shape index (κ3) is 4.93. The van der Waals surface area contributed by atoms with Crippen molar-refractivity contribution in [1.29, 1.82) is 0 Å². The van der Waals surface area contributed by atoms with Crippen LogP contribution in [0.5, 0.6) is 0 Å². The Labute approximate surface area is 171 Å². The van der Waals surface area contributed by atoms with Crippen LogP contribution >= 0.6 is 0 Å². The van der Waals surface area contributed by atoms with E-state index in [1.54, 1.807) is 12.4 Å². The van der Waals surface area contributed by atoms with Gasteiger partial charge >= 0.3 is 0 Å². The van der Waals surface area contributed by atoms with Crippen molar-refractivity contribution in [2.24, 2.45) is 17.6 Å². The van der Waals surface area contributed by atoms with Crippen LogP contribution in [0.25, 0.3) is 0 Å². The van der Waals surface area contributed by atoms with E-state index in [1.807, 2.05) is 23.7 Å². The molecule has 156 valence electrons. The number of nitrogens with two attached hydrogens (primary N) is 1. The van der Waals surface area contributed by atoms with Gasteiger partial charge in [-0.15, -0.1) is 0 Å². The van der Waals surface area contributed by atoms with Crippen LogP contribution < -0.4 is 16.0 Å². The van der Waals surface area contributed by atoms with Gasteiger partial charge in [0.25, 0.3) is 5.91 Å². The van der Waals surface area contributed by atoms with Crippen molar-refractivity contribution in [3.8, 4) is 0 Å². The van der Waals surface area contributed by atoms with Gasteiger partial charge in [0.2, 0.25) is 5.91 Å². The molecule has 3 heterocycles. The van der Waals surface area contributed by atoms with E-state index in [0.29, 0.717) is 18.0 Å². The van der Waals surface area contributed by atoms with Crippen molar-refractivity contribution in [2.45, 2.75) is 46.7 Å². The van der Waals surface area contributed by atoms with Crippen molar-refractivity contribution in [3.63, 3.8) is 0 Å². The van der Waals surface area contributed by atoms with E-state index in [4.69, 9.17) is 5.73 Å². The van der Waals surface area contributed by atoms with Gasteiger partial charge in [-0.2, -0.15) is 5.10 Å². The number of nitrogens with zero attached hydrogens (tertiary/aromatic N) is 4. The molecule has 2 aromatic rings. The zero-order chi connectivity index (χ0) is 21.0. The first-order valence-electron chi connectivity index (χ1n) is 10.2. The molecule has 2 amide bonds. The number of piperidine rings is 1. The number of aromatic nitrogens is 3. The molecule has 8 heteroatoms. The molecule has 1 aliphatic rings. The van der Waals surface area contributed by atoms with E-state index in [1.165, 1.54) is 0 Å². The van der Waals surface area contributed by atoms with Gasteiger partial charge in [0.15, 0.2) is 0 Å². The summed E-state index contributed by atoms with van der Waals surface area (Å²) in [5.41, 5.74) is 7.85. The van der Waals surface area contributed by atoms with Crippen LogP contribution in [-0.4, -0.2) is 39.7 Å². The minimum Gasteiger partial charge on any atom is -0.369 e. The third-order valence-electron chi connectivity index (χ3n) is 5.39. The van der Waals surface area contributed by atoms with Gasteiger partial charge in [0.05, 0.1) is 11.8 Å². The zero-order valence-electron chi connectivity index (χ0n) is 17.4. The molecule has 0 bridgehead atoms. The van der Waals surface area contributed by atoms with Crippen LogP contribution in [0, 0.1) is 18.8 Å². The van der Waals surface area contributed by atoms with E-state index in [2.05, 4.69) is 34.1 Å². The number of pyridine rings is 1. The Kier molecular flexibility index (Phi) is 6.51. The summed E-state index contributed by atoms with van der Waals surface area (Å²) in [6.07, 6.45) is 4.84. The molecule has 1 saturated heterocycles. The van der Waals surface area contributed by atoms with Gasteiger partial charge in [-0.1, -0.05) is 19.9 Å². The summed E-state index contributed by atoms with van der Waals surface area (Å²) >= 11 is 0. The second kappa shape index (κ2) is 9.07. The fourth-order valence-corrected chi connectivity index (χ4v) is 3.70. The second-order valence-electron chi connectivity index (χ2n) is 8.05. The van der Waals surface area contributed by atoms with Gasteiger partial charge in [0.1, 0.15) is 5.82 Å². The highest BCUT2D eigenvalue weighted by molar-refractivity contribution is 5.95. The molecule has 1 fully saturated rings. The Morgan fingerprint density at radius 3 is 2.69 bits per heavy atom. The van der Waals surface area contributed by atoms with Crippen molar-refractivity contribution >= 4 is 17.6 Å². The summed E-state index contributed by atoms with van der Waals surface area (Å²) in [6, 6.07) is 3.84. The van der Waals surface area contributed by atoms with Gasteiger partial charge < -0.3 is 16.0 Å².